The van der Waals surface area contributed by atoms with Gasteiger partial charge in [0.15, 0.2) is 0 Å². The van der Waals surface area contributed by atoms with Gasteiger partial charge in [-0.3, -0.25) is 4.79 Å². The lowest BCUT2D eigenvalue weighted by Crippen LogP contribution is -2.18. The molecule has 3 heteroatoms. The molecule has 1 aromatic heterocycles. The minimum atomic E-state index is 0.117. The van der Waals surface area contributed by atoms with Crippen LogP contribution in [0.3, 0.4) is 0 Å². The highest BCUT2D eigenvalue weighted by atomic mass is 32.2. The summed E-state index contributed by atoms with van der Waals surface area (Å²) in [7, 11) is 0. The molecule has 0 aromatic carbocycles. The summed E-state index contributed by atoms with van der Waals surface area (Å²) in [5.41, 5.74) is 1.15. The van der Waals surface area contributed by atoms with Gasteiger partial charge < -0.3 is 4.57 Å². The van der Waals surface area contributed by atoms with E-state index < -0.39 is 0 Å². The number of hydrogen-bond acceptors (Lipinski definition) is 2. The lowest BCUT2D eigenvalue weighted by Gasteiger charge is -2.04. The molecule has 0 spiro atoms. The Morgan fingerprint density at radius 3 is 2.93 bits per heavy atom. The summed E-state index contributed by atoms with van der Waals surface area (Å²) < 4.78 is 1.78. The number of rotatable bonds is 5. The Labute approximate surface area is 89.3 Å². The lowest BCUT2D eigenvalue weighted by atomic mass is 10.3. The summed E-state index contributed by atoms with van der Waals surface area (Å²) in [6.45, 7) is 4.94. The molecule has 0 bridgehead atoms. The Hall–Kier alpha value is -0.700. The number of thioether (sulfide) groups is 1. The second kappa shape index (κ2) is 5.91. The van der Waals surface area contributed by atoms with Crippen molar-refractivity contribution in [3.05, 3.63) is 34.2 Å². The molecular formula is C11H17NOS. The average molecular weight is 211 g/mol. The first kappa shape index (κ1) is 11.4. The third-order valence-electron chi connectivity index (χ3n) is 2.04. The summed E-state index contributed by atoms with van der Waals surface area (Å²) in [4.78, 5) is 11.5. The molecule has 0 radical (unpaired) electrons. The number of aryl methyl sites for hydroxylation is 2. The van der Waals surface area contributed by atoms with Crippen molar-refractivity contribution in [2.24, 2.45) is 0 Å². The van der Waals surface area contributed by atoms with E-state index >= 15 is 0 Å². The number of nitrogens with zero attached hydrogens (tertiary/aromatic N) is 1. The molecular weight excluding hydrogens is 194 g/mol. The van der Waals surface area contributed by atoms with E-state index in [1.165, 1.54) is 0 Å². The highest BCUT2D eigenvalue weighted by molar-refractivity contribution is 7.99. The summed E-state index contributed by atoms with van der Waals surface area (Å²) in [5.74, 6) is 2.29. The maximum absolute atomic E-state index is 11.5. The van der Waals surface area contributed by atoms with E-state index in [4.69, 9.17) is 0 Å². The standard InChI is InChI=1S/C11H17NOS/c1-3-14-8-4-6-12-7-5-10(2)9-11(12)13/h5,7,9H,3-4,6,8H2,1-2H3. The fourth-order valence-corrected chi connectivity index (χ4v) is 1.89. The van der Waals surface area contributed by atoms with Crippen LogP contribution in [-0.2, 0) is 6.54 Å². The molecule has 0 N–H and O–H groups in total. The fourth-order valence-electron chi connectivity index (χ4n) is 1.27. The first-order valence-corrected chi connectivity index (χ1v) is 6.14. The molecule has 78 valence electrons. The predicted octanol–water partition coefficient (Wildman–Crippen LogP) is 2.30. The monoisotopic (exact) mass is 211 g/mol. The minimum Gasteiger partial charge on any atom is -0.315 e. The summed E-state index contributed by atoms with van der Waals surface area (Å²) in [6.07, 6.45) is 2.95. The minimum absolute atomic E-state index is 0.117. The molecule has 1 heterocycles. The zero-order chi connectivity index (χ0) is 10.4. The van der Waals surface area contributed by atoms with Crippen LogP contribution in [-0.4, -0.2) is 16.1 Å². The van der Waals surface area contributed by atoms with Gasteiger partial charge in [-0.1, -0.05) is 6.92 Å². The van der Waals surface area contributed by atoms with E-state index in [1.807, 2.05) is 30.9 Å². The highest BCUT2D eigenvalue weighted by Crippen LogP contribution is 2.02. The Balaban J connectivity index is 2.47. The van der Waals surface area contributed by atoms with Crippen LogP contribution >= 0.6 is 11.8 Å². The van der Waals surface area contributed by atoms with Gasteiger partial charge in [0, 0.05) is 18.8 Å². The normalized spacial score (nSPS) is 10.4. The van der Waals surface area contributed by atoms with Crippen molar-refractivity contribution in [1.82, 2.24) is 4.57 Å². The van der Waals surface area contributed by atoms with Crippen molar-refractivity contribution in [2.45, 2.75) is 26.8 Å². The summed E-state index contributed by atoms with van der Waals surface area (Å²) in [6, 6.07) is 3.67. The molecule has 1 aromatic rings. The number of aromatic nitrogens is 1. The fraction of sp³-hybridized carbons (Fsp3) is 0.545. The molecule has 0 unspecified atom stereocenters. The van der Waals surface area contributed by atoms with E-state index in [2.05, 4.69) is 6.92 Å². The van der Waals surface area contributed by atoms with Gasteiger partial charge in [-0.05, 0) is 36.5 Å². The molecule has 0 aliphatic carbocycles. The van der Waals surface area contributed by atoms with Crippen LogP contribution in [0.2, 0.25) is 0 Å². The molecule has 1 rings (SSSR count). The topological polar surface area (TPSA) is 22.0 Å². The molecule has 14 heavy (non-hydrogen) atoms. The summed E-state index contributed by atoms with van der Waals surface area (Å²) in [5, 5.41) is 0. The van der Waals surface area contributed by atoms with Crippen molar-refractivity contribution in [1.29, 1.82) is 0 Å². The largest absolute Gasteiger partial charge is 0.315 e. The first-order valence-electron chi connectivity index (χ1n) is 4.99. The Bertz CT molecular complexity index is 332. The molecule has 0 atom stereocenters. The van der Waals surface area contributed by atoms with Crippen molar-refractivity contribution >= 4 is 11.8 Å². The molecule has 0 fully saturated rings. The Morgan fingerprint density at radius 2 is 2.29 bits per heavy atom. The van der Waals surface area contributed by atoms with Crippen LogP contribution in [0.1, 0.15) is 18.9 Å². The Kier molecular flexibility index (Phi) is 4.80. The smallest absolute Gasteiger partial charge is 0.250 e. The van der Waals surface area contributed by atoms with Crippen LogP contribution in [0.15, 0.2) is 23.1 Å². The van der Waals surface area contributed by atoms with E-state index in [1.54, 1.807) is 10.6 Å². The lowest BCUT2D eigenvalue weighted by molar-refractivity contribution is 0.657. The third kappa shape index (κ3) is 3.58. The zero-order valence-corrected chi connectivity index (χ0v) is 9.64. The first-order chi connectivity index (χ1) is 6.74. The van der Waals surface area contributed by atoms with Crippen LogP contribution in [0.5, 0.6) is 0 Å². The second-order valence-corrected chi connectivity index (χ2v) is 4.68. The maximum atomic E-state index is 11.5. The van der Waals surface area contributed by atoms with Gasteiger partial charge in [-0.25, -0.2) is 0 Å². The number of pyridine rings is 1. The van der Waals surface area contributed by atoms with Crippen LogP contribution in [0.25, 0.3) is 0 Å². The maximum Gasteiger partial charge on any atom is 0.250 e. The van der Waals surface area contributed by atoms with Gasteiger partial charge in [0.25, 0.3) is 5.56 Å². The predicted molar refractivity (Wildman–Crippen MR) is 63.1 cm³/mol. The SMILES string of the molecule is CCSCCCn1ccc(C)cc1=O. The number of hydrogen-bond donors (Lipinski definition) is 0. The molecule has 2 nitrogen and oxygen atoms in total. The molecule has 0 saturated heterocycles. The third-order valence-corrected chi connectivity index (χ3v) is 3.03. The van der Waals surface area contributed by atoms with E-state index in [9.17, 15) is 4.79 Å². The summed E-state index contributed by atoms with van der Waals surface area (Å²) >= 11 is 1.92. The van der Waals surface area contributed by atoms with Crippen molar-refractivity contribution in [2.75, 3.05) is 11.5 Å². The molecule has 0 saturated carbocycles. The second-order valence-electron chi connectivity index (χ2n) is 3.29. The zero-order valence-electron chi connectivity index (χ0n) is 8.82. The van der Waals surface area contributed by atoms with Crippen molar-refractivity contribution < 1.29 is 0 Å². The van der Waals surface area contributed by atoms with Gasteiger partial charge in [0.05, 0.1) is 0 Å². The van der Waals surface area contributed by atoms with Gasteiger partial charge in [0.1, 0.15) is 0 Å². The van der Waals surface area contributed by atoms with E-state index in [-0.39, 0.29) is 5.56 Å². The van der Waals surface area contributed by atoms with Gasteiger partial charge in [-0.15, -0.1) is 0 Å². The molecule has 0 aliphatic rings. The molecule has 0 amide bonds. The quantitative estimate of drug-likeness (QED) is 0.697. The van der Waals surface area contributed by atoms with Crippen molar-refractivity contribution in [3.8, 4) is 0 Å². The van der Waals surface area contributed by atoms with Crippen LogP contribution < -0.4 is 5.56 Å². The van der Waals surface area contributed by atoms with Gasteiger partial charge in [0.2, 0.25) is 0 Å². The van der Waals surface area contributed by atoms with Gasteiger partial charge in [-0.2, -0.15) is 11.8 Å². The van der Waals surface area contributed by atoms with Crippen LogP contribution in [0, 0.1) is 6.92 Å². The van der Waals surface area contributed by atoms with E-state index in [0.29, 0.717) is 0 Å². The van der Waals surface area contributed by atoms with Gasteiger partial charge >= 0.3 is 0 Å². The van der Waals surface area contributed by atoms with E-state index in [0.717, 1.165) is 30.0 Å². The van der Waals surface area contributed by atoms with Crippen molar-refractivity contribution in [3.63, 3.8) is 0 Å². The Morgan fingerprint density at radius 1 is 1.50 bits per heavy atom. The highest BCUT2D eigenvalue weighted by Gasteiger charge is 1.95. The van der Waals surface area contributed by atoms with Crippen LogP contribution in [0.4, 0.5) is 0 Å². The average Bonchev–Trinajstić information content (AvgIpc) is 2.15. The molecule has 0 aliphatic heterocycles.